The van der Waals surface area contributed by atoms with E-state index in [0.29, 0.717) is 11.4 Å². The normalized spacial score (nSPS) is 11.2. The van der Waals surface area contributed by atoms with E-state index in [4.69, 9.17) is 0 Å². The van der Waals surface area contributed by atoms with Crippen molar-refractivity contribution in [3.05, 3.63) is 87.7 Å². The highest BCUT2D eigenvalue weighted by atomic mass is 32.2. The predicted octanol–water partition coefficient (Wildman–Crippen LogP) is 3.50. The fourth-order valence-corrected chi connectivity index (χ4v) is 4.09. The summed E-state index contributed by atoms with van der Waals surface area (Å²) >= 11 is 1.56. The maximum Gasteiger partial charge on any atom is 0.258 e. The van der Waals surface area contributed by atoms with Crippen LogP contribution in [0.2, 0.25) is 0 Å². The van der Waals surface area contributed by atoms with Crippen LogP contribution in [0.5, 0.6) is 0 Å². The highest BCUT2D eigenvalue weighted by molar-refractivity contribution is 7.98. The Morgan fingerprint density at radius 1 is 1.07 bits per heavy atom. The molecule has 0 N–H and O–H groups in total. The van der Waals surface area contributed by atoms with Crippen molar-refractivity contribution in [3.63, 3.8) is 0 Å². The molecule has 0 saturated heterocycles. The van der Waals surface area contributed by atoms with Crippen LogP contribution in [0.25, 0.3) is 5.65 Å². The van der Waals surface area contributed by atoms with E-state index < -0.39 is 0 Å². The molecule has 3 heterocycles. The van der Waals surface area contributed by atoms with E-state index in [1.54, 1.807) is 28.4 Å². The first-order valence-corrected chi connectivity index (χ1v) is 10.2. The summed E-state index contributed by atoms with van der Waals surface area (Å²) in [4.78, 5) is 17.0. The lowest BCUT2D eigenvalue weighted by atomic mass is 10.1. The minimum Gasteiger partial charge on any atom is -0.306 e. The molecule has 3 aromatic heterocycles. The van der Waals surface area contributed by atoms with Crippen molar-refractivity contribution in [2.24, 2.45) is 0 Å². The number of thioether (sulfide) groups is 1. The fourth-order valence-electron chi connectivity index (χ4n) is 3.17. The lowest BCUT2D eigenvalue weighted by Gasteiger charge is -2.08. The third-order valence-corrected chi connectivity index (χ3v) is 5.60. The minimum atomic E-state index is -0.0639. The maximum atomic E-state index is 12.4. The summed E-state index contributed by atoms with van der Waals surface area (Å²) in [6, 6.07) is 15.7. The Labute approximate surface area is 167 Å². The van der Waals surface area contributed by atoms with Gasteiger partial charge >= 0.3 is 0 Å². The molecule has 0 atom stereocenters. The van der Waals surface area contributed by atoms with E-state index in [2.05, 4.69) is 38.8 Å². The van der Waals surface area contributed by atoms with Gasteiger partial charge in [0.15, 0.2) is 5.16 Å². The molecular weight excluding hydrogens is 370 g/mol. The molecule has 0 radical (unpaired) electrons. The van der Waals surface area contributed by atoms with Gasteiger partial charge in [-0.3, -0.25) is 9.20 Å². The summed E-state index contributed by atoms with van der Waals surface area (Å²) in [5, 5.41) is 9.59. The predicted molar refractivity (Wildman–Crippen MR) is 111 cm³/mol. The quantitative estimate of drug-likeness (QED) is 0.471. The minimum absolute atomic E-state index is 0.0639. The number of hydrogen-bond donors (Lipinski definition) is 0. The summed E-state index contributed by atoms with van der Waals surface area (Å²) in [5.74, 6) is 1.52. The van der Waals surface area contributed by atoms with Gasteiger partial charge in [-0.05, 0) is 31.0 Å². The average molecular weight is 392 g/mol. The Morgan fingerprint density at radius 2 is 1.89 bits per heavy atom. The fraction of sp³-hybridized carbons (Fsp3) is 0.238. The van der Waals surface area contributed by atoms with Gasteiger partial charge in [-0.15, -0.1) is 10.2 Å². The van der Waals surface area contributed by atoms with Crippen LogP contribution in [0.15, 0.2) is 64.7 Å². The molecule has 1 aromatic carbocycles. The van der Waals surface area contributed by atoms with E-state index in [1.165, 1.54) is 5.56 Å². The first kappa shape index (κ1) is 18.4. The number of nitrogens with zero attached hydrogens (tertiary/aromatic N) is 5. The summed E-state index contributed by atoms with van der Waals surface area (Å²) in [6.07, 6.45) is 2.50. The number of rotatable bonds is 6. The highest BCUT2D eigenvalue weighted by Gasteiger charge is 2.13. The summed E-state index contributed by atoms with van der Waals surface area (Å²) in [7, 11) is 0. The lowest BCUT2D eigenvalue weighted by Crippen LogP contribution is -2.15. The van der Waals surface area contributed by atoms with Crippen molar-refractivity contribution in [2.45, 2.75) is 37.7 Å². The average Bonchev–Trinajstić information content (AvgIpc) is 3.09. The third kappa shape index (κ3) is 3.71. The molecule has 0 saturated carbocycles. The van der Waals surface area contributed by atoms with Crippen LogP contribution in [0, 0.1) is 6.92 Å². The molecule has 28 heavy (non-hydrogen) atoms. The number of hydrogen-bond acceptors (Lipinski definition) is 5. The van der Waals surface area contributed by atoms with Crippen LogP contribution in [-0.2, 0) is 18.7 Å². The first-order chi connectivity index (χ1) is 13.7. The summed E-state index contributed by atoms with van der Waals surface area (Å²) in [5.41, 5.74) is 3.58. The largest absolute Gasteiger partial charge is 0.306 e. The van der Waals surface area contributed by atoms with Crippen LogP contribution < -0.4 is 5.56 Å². The van der Waals surface area contributed by atoms with Gasteiger partial charge in [-0.2, -0.15) is 0 Å². The number of aromatic nitrogens is 5. The zero-order valence-electron chi connectivity index (χ0n) is 15.9. The molecule has 0 unspecified atom stereocenters. The molecule has 7 heteroatoms. The standard InChI is InChI=1S/C21H21N5OS/c1-3-25-18(12-16-9-5-4-6-10-16)23-24-21(25)28-14-17-13-19(27)26-11-7-8-15(2)20(26)22-17/h4-11,13H,3,12,14H2,1-2H3. The molecular formula is C21H21N5OS. The topological polar surface area (TPSA) is 65.1 Å². The van der Waals surface area contributed by atoms with Crippen LogP contribution in [0.1, 0.15) is 29.6 Å². The molecule has 0 spiro atoms. The Morgan fingerprint density at radius 3 is 2.68 bits per heavy atom. The molecule has 4 aromatic rings. The van der Waals surface area contributed by atoms with Gasteiger partial charge < -0.3 is 4.57 Å². The Balaban J connectivity index is 1.56. The first-order valence-electron chi connectivity index (χ1n) is 9.22. The zero-order chi connectivity index (χ0) is 19.5. The van der Waals surface area contributed by atoms with Gasteiger partial charge in [0, 0.05) is 31.0 Å². The Bertz CT molecular complexity index is 1170. The number of aryl methyl sites for hydroxylation is 1. The molecule has 0 amide bonds. The molecule has 6 nitrogen and oxygen atoms in total. The van der Waals surface area contributed by atoms with E-state index in [-0.39, 0.29) is 5.56 Å². The van der Waals surface area contributed by atoms with Crippen LogP contribution in [-0.4, -0.2) is 24.1 Å². The van der Waals surface area contributed by atoms with E-state index in [1.807, 2.05) is 37.3 Å². The lowest BCUT2D eigenvalue weighted by molar-refractivity contribution is 0.651. The molecule has 0 fully saturated rings. The third-order valence-electron chi connectivity index (χ3n) is 4.60. The van der Waals surface area contributed by atoms with E-state index >= 15 is 0 Å². The van der Waals surface area contributed by atoms with Crippen molar-refractivity contribution in [1.29, 1.82) is 0 Å². The number of pyridine rings is 1. The summed E-state index contributed by atoms with van der Waals surface area (Å²) < 4.78 is 3.70. The Hall–Kier alpha value is -2.93. The second-order valence-corrected chi connectivity index (χ2v) is 7.51. The van der Waals surface area contributed by atoms with Gasteiger partial charge in [0.2, 0.25) is 0 Å². The molecule has 142 valence electrons. The van der Waals surface area contributed by atoms with Crippen molar-refractivity contribution in [2.75, 3.05) is 0 Å². The molecule has 0 aliphatic carbocycles. The smallest absolute Gasteiger partial charge is 0.258 e. The van der Waals surface area contributed by atoms with Gasteiger partial charge in [0.05, 0.1) is 5.69 Å². The van der Waals surface area contributed by atoms with Gasteiger partial charge in [0.25, 0.3) is 5.56 Å². The molecule has 0 aliphatic rings. The number of benzene rings is 1. The Kier molecular flexibility index (Phi) is 5.25. The van der Waals surface area contributed by atoms with Gasteiger partial charge in [-0.1, -0.05) is 48.2 Å². The number of fused-ring (bicyclic) bond motifs is 1. The van der Waals surface area contributed by atoms with Crippen molar-refractivity contribution < 1.29 is 0 Å². The molecule has 4 rings (SSSR count). The van der Waals surface area contributed by atoms with Crippen molar-refractivity contribution >= 4 is 17.4 Å². The van der Waals surface area contributed by atoms with E-state index in [9.17, 15) is 4.79 Å². The SMILES string of the molecule is CCn1c(Cc2ccccc2)nnc1SCc1cc(=O)n2cccc(C)c2n1. The van der Waals surface area contributed by atoms with Crippen molar-refractivity contribution in [3.8, 4) is 0 Å². The monoisotopic (exact) mass is 391 g/mol. The second-order valence-electron chi connectivity index (χ2n) is 6.56. The van der Waals surface area contributed by atoms with Gasteiger partial charge in [0.1, 0.15) is 11.5 Å². The molecule has 0 aliphatic heterocycles. The van der Waals surface area contributed by atoms with E-state index in [0.717, 1.165) is 35.2 Å². The summed E-state index contributed by atoms with van der Waals surface area (Å²) in [6.45, 7) is 4.85. The second kappa shape index (κ2) is 7.98. The van der Waals surface area contributed by atoms with Crippen LogP contribution >= 0.6 is 11.8 Å². The van der Waals surface area contributed by atoms with Crippen molar-refractivity contribution in [1.82, 2.24) is 24.1 Å². The maximum absolute atomic E-state index is 12.4. The molecule has 0 bridgehead atoms. The zero-order valence-corrected chi connectivity index (χ0v) is 16.7. The van der Waals surface area contributed by atoms with Gasteiger partial charge in [-0.25, -0.2) is 4.98 Å². The van der Waals surface area contributed by atoms with Crippen LogP contribution in [0.4, 0.5) is 0 Å². The van der Waals surface area contributed by atoms with Crippen LogP contribution in [0.3, 0.4) is 0 Å². The highest BCUT2D eigenvalue weighted by Crippen LogP contribution is 2.22.